The first-order chi connectivity index (χ1) is 8.87. The number of nitrogens with one attached hydrogen (secondary N) is 1. The predicted molar refractivity (Wildman–Crippen MR) is 76.6 cm³/mol. The van der Waals surface area contributed by atoms with E-state index in [1.165, 1.54) is 0 Å². The summed E-state index contributed by atoms with van der Waals surface area (Å²) in [6.45, 7) is 9.42. The number of hydrogen-bond donors (Lipinski definition) is 1. The number of carbonyl (C=O) groups is 1. The number of carbonyl (C=O) groups excluding carboxylic acids is 1. The van der Waals surface area contributed by atoms with Crippen molar-refractivity contribution in [3.8, 4) is 0 Å². The minimum atomic E-state index is 0.123. The van der Waals surface area contributed by atoms with Crippen LogP contribution in [-0.2, 0) is 11.2 Å². The fourth-order valence-electron chi connectivity index (χ4n) is 2.98. The largest absolute Gasteiger partial charge is 0.356 e. The molecule has 1 N–H and O–H groups in total. The molecule has 0 unspecified atom stereocenters. The highest BCUT2D eigenvalue weighted by molar-refractivity contribution is 5.84. The highest BCUT2D eigenvalue weighted by Crippen LogP contribution is 2.68. The molecule has 1 fully saturated rings. The molecule has 1 aromatic heterocycles. The summed E-state index contributed by atoms with van der Waals surface area (Å²) in [6.07, 6.45) is 3.66. The summed E-state index contributed by atoms with van der Waals surface area (Å²) in [6, 6.07) is 5.94. The summed E-state index contributed by atoms with van der Waals surface area (Å²) in [5.41, 5.74) is 1.33. The third-order valence-corrected chi connectivity index (χ3v) is 4.92. The van der Waals surface area contributed by atoms with Gasteiger partial charge in [0, 0.05) is 24.4 Å². The molecule has 0 saturated heterocycles. The van der Waals surface area contributed by atoms with E-state index in [1.54, 1.807) is 0 Å². The first-order valence-corrected chi connectivity index (χ1v) is 7.05. The Balaban J connectivity index is 1.71. The Morgan fingerprint density at radius 2 is 1.95 bits per heavy atom. The first-order valence-electron chi connectivity index (χ1n) is 7.05. The Morgan fingerprint density at radius 3 is 2.47 bits per heavy atom. The van der Waals surface area contributed by atoms with Crippen LogP contribution < -0.4 is 5.32 Å². The Hall–Kier alpha value is -1.38. The van der Waals surface area contributed by atoms with Crippen molar-refractivity contribution in [3.05, 3.63) is 30.1 Å². The number of pyridine rings is 1. The Morgan fingerprint density at radius 1 is 1.26 bits per heavy atom. The van der Waals surface area contributed by atoms with E-state index in [1.807, 2.05) is 24.4 Å². The van der Waals surface area contributed by atoms with Crippen LogP contribution in [0.2, 0.25) is 0 Å². The molecule has 19 heavy (non-hydrogen) atoms. The fraction of sp³-hybridized carbons (Fsp3) is 0.625. The zero-order chi connectivity index (χ0) is 14.1. The van der Waals surface area contributed by atoms with Gasteiger partial charge in [-0.15, -0.1) is 0 Å². The molecule has 0 atom stereocenters. The summed E-state index contributed by atoms with van der Waals surface area (Å²) in [5.74, 6) is 0.353. The molecular weight excluding hydrogens is 236 g/mol. The van der Waals surface area contributed by atoms with E-state index in [0.717, 1.165) is 25.1 Å². The van der Waals surface area contributed by atoms with E-state index in [-0.39, 0.29) is 22.7 Å². The molecule has 1 amide bonds. The van der Waals surface area contributed by atoms with Crippen molar-refractivity contribution in [2.75, 3.05) is 6.54 Å². The molecule has 1 aliphatic rings. The van der Waals surface area contributed by atoms with Gasteiger partial charge in [0.15, 0.2) is 0 Å². The van der Waals surface area contributed by atoms with Crippen molar-refractivity contribution in [1.82, 2.24) is 10.3 Å². The van der Waals surface area contributed by atoms with E-state index in [9.17, 15) is 4.79 Å². The van der Waals surface area contributed by atoms with E-state index >= 15 is 0 Å². The average molecular weight is 260 g/mol. The zero-order valence-corrected chi connectivity index (χ0v) is 12.4. The minimum Gasteiger partial charge on any atom is -0.356 e. The lowest BCUT2D eigenvalue weighted by Crippen LogP contribution is -2.28. The lowest BCUT2D eigenvalue weighted by atomic mass is 10.0. The number of nitrogens with zero attached hydrogens (tertiary/aromatic N) is 1. The molecule has 1 aromatic rings. The summed E-state index contributed by atoms with van der Waals surface area (Å²) in [7, 11) is 0. The molecule has 0 aromatic carbocycles. The maximum absolute atomic E-state index is 12.1. The van der Waals surface area contributed by atoms with Gasteiger partial charge < -0.3 is 5.32 Å². The summed E-state index contributed by atoms with van der Waals surface area (Å²) >= 11 is 0. The van der Waals surface area contributed by atoms with Crippen molar-refractivity contribution in [2.45, 2.75) is 40.5 Å². The molecule has 0 spiro atoms. The topological polar surface area (TPSA) is 42.0 Å². The molecular formula is C16H24N2O. The molecule has 1 heterocycles. The molecule has 0 aliphatic heterocycles. The standard InChI is InChI=1S/C16H24N2O/c1-15(2)13(16(15,3)4)14(19)18-11-7-9-12-8-5-6-10-17-12/h5-6,8,10,13H,7,9,11H2,1-4H3,(H,18,19). The van der Waals surface area contributed by atoms with Gasteiger partial charge in [-0.05, 0) is 35.8 Å². The first kappa shape index (κ1) is 14.0. The molecule has 104 valence electrons. The average Bonchev–Trinajstić information content (AvgIpc) is 2.76. The summed E-state index contributed by atoms with van der Waals surface area (Å²) in [5, 5.41) is 3.06. The van der Waals surface area contributed by atoms with Crippen molar-refractivity contribution in [3.63, 3.8) is 0 Å². The normalized spacial score (nSPS) is 20.0. The van der Waals surface area contributed by atoms with Gasteiger partial charge in [-0.1, -0.05) is 33.8 Å². The minimum absolute atomic E-state index is 0.123. The monoisotopic (exact) mass is 260 g/mol. The number of aromatic nitrogens is 1. The lowest BCUT2D eigenvalue weighted by molar-refractivity contribution is -0.123. The molecule has 3 nitrogen and oxygen atoms in total. The summed E-state index contributed by atoms with van der Waals surface area (Å²) < 4.78 is 0. The highest BCUT2D eigenvalue weighted by Gasteiger charge is 2.68. The van der Waals surface area contributed by atoms with Crippen molar-refractivity contribution in [1.29, 1.82) is 0 Å². The van der Waals surface area contributed by atoms with Crippen LogP contribution in [0.4, 0.5) is 0 Å². The van der Waals surface area contributed by atoms with Crippen LogP contribution in [0, 0.1) is 16.7 Å². The second-order valence-corrected chi connectivity index (χ2v) is 6.59. The molecule has 0 bridgehead atoms. The molecule has 2 rings (SSSR count). The number of rotatable bonds is 5. The molecule has 1 saturated carbocycles. The van der Waals surface area contributed by atoms with Gasteiger partial charge in [-0.3, -0.25) is 9.78 Å². The third-order valence-electron chi connectivity index (χ3n) is 4.92. The molecule has 0 radical (unpaired) electrons. The van der Waals surface area contributed by atoms with Crippen LogP contribution in [0.3, 0.4) is 0 Å². The van der Waals surface area contributed by atoms with Gasteiger partial charge in [-0.25, -0.2) is 0 Å². The van der Waals surface area contributed by atoms with Gasteiger partial charge in [0.2, 0.25) is 5.91 Å². The lowest BCUT2D eigenvalue weighted by Gasteiger charge is -2.06. The smallest absolute Gasteiger partial charge is 0.224 e. The highest BCUT2D eigenvalue weighted by atomic mass is 16.2. The van der Waals surface area contributed by atoms with E-state index < -0.39 is 0 Å². The predicted octanol–water partition coefficient (Wildman–Crippen LogP) is 2.81. The number of amides is 1. The zero-order valence-electron chi connectivity index (χ0n) is 12.4. The van der Waals surface area contributed by atoms with Crippen LogP contribution in [-0.4, -0.2) is 17.4 Å². The van der Waals surface area contributed by atoms with Gasteiger partial charge in [0.1, 0.15) is 0 Å². The van der Waals surface area contributed by atoms with Gasteiger partial charge >= 0.3 is 0 Å². The quantitative estimate of drug-likeness (QED) is 0.827. The SMILES string of the molecule is CC1(C)C(C(=O)NCCCc2ccccn2)C1(C)C. The second-order valence-electron chi connectivity index (χ2n) is 6.59. The maximum Gasteiger partial charge on any atom is 0.224 e. The number of aryl methyl sites for hydroxylation is 1. The van der Waals surface area contributed by atoms with Crippen LogP contribution in [0.25, 0.3) is 0 Å². The van der Waals surface area contributed by atoms with Crippen molar-refractivity contribution in [2.24, 2.45) is 16.7 Å². The molecule has 3 heteroatoms. The van der Waals surface area contributed by atoms with Crippen LogP contribution in [0.5, 0.6) is 0 Å². The fourth-order valence-corrected chi connectivity index (χ4v) is 2.98. The Bertz CT molecular complexity index is 437. The van der Waals surface area contributed by atoms with E-state index in [4.69, 9.17) is 0 Å². The van der Waals surface area contributed by atoms with Gasteiger partial charge in [-0.2, -0.15) is 0 Å². The summed E-state index contributed by atoms with van der Waals surface area (Å²) in [4.78, 5) is 16.4. The maximum atomic E-state index is 12.1. The van der Waals surface area contributed by atoms with Crippen molar-refractivity contribution >= 4 is 5.91 Å². The number of hydrogen-bond acceptors (Lipinski definition) is 2. The van der Waals surface area contributed by atoms with Gasteiger partial charge in [0.05, 0.1) is 0 Å². The van der Waals surface area contributed by atoms with Crippen LogP contribution in [0.1, 0.15) is 39.8 Å². The van der Waals surface area contributed by atoms with Gasteiger partial charge in [0.25, 0.3) is 0 Å². The van der Waals surface area contributed by atoms with E-state index in [2.05, 4.69) is 38.0 Å². The molecule has 1 aliphatic carbocycles. The Kier molecular flexibility index (Phi) is 3.66. The van der Waals surface area contributed by atoms with E-state index in [0.29, 0.717) is 0 Å². The third kappa shape index (κ3) is 2.65. The van der Waals surface area contributed by atoms with Crippen LogP contribution >= 0.6 is 0 Å². The Labute approximate surface area is 115 Å². The van der Waals surface area contributed by atoms with Crippen molar-refractivity contribution < 1.29 is 4.79 Å². The van der Waals surface area contributed by atoms with Crippen LogP contribution in [0.15, 0.2) is 24.4 Å². The second kappa shape index (κ2) is 4.95.